The number of hydrogen-bond acceptors (Lipinski definition) is 4. The monoisotopic (exact) mass is 497 g/mol. The van der Waals surface area contributed by atoms with Crippen LogP contribution in [0.2, 0.25) is 0 Å². The molecule has 2 aromatic heterocycles. The molecule has 0 aliphatic carbocycles. The number of rotatable bonds is 7. The molecule has 1 atom stereocenters. The molecule has 5 rings (SSSR count). The highest BCUT2D eigenvalue weighted by Gasteiger charge is 2.20. The lowest BCUT2D eigenvalue weighted by Gasteiger charge is -2.18. The Labute approximate surface area is 214 Å². The maximum atomic E-state index is 14.5. The first-order valence-corrected chi connectivity index (χ1v) is 12.1. The van der Waals surface area contributed by atoms with Crippen molar-refractivity contribution >= 4 is 27.7 Å². The van der Waals surface area contributed by atoms with E-state index in [9.17, 15) is 14.3 Å². The number of aryl methyl sites for hydroxylation is 2. The summed E-state index contributed by atoms with van der Waals surface area (Å²) in [6.45, 7) is 3.69. The third-order valence-electron chi connectivity index (χ3n) is 6.64. The molecular weight excluding hydrogens is 469 g/mol. The molecule has 0 saturated carbocycles. The zero-order valence-electron chi connectivity index (χ0n) is 20.9. The number of para-hydroxylation sites is 1. The average Bonchev–Trinajstić information content (AvgIpc) is 3.30. The fourth-order valence-electron chi connectivity index (χ4n) is 4.83. The van der Waals surface area contributed by atoms with Gasteiger partial charge >= 0.3 is 0 Å². The Hall–Kier alpha value is -4.23. The van der Waals surface area contributed by atoms with Crippen LogP contribution < -0.4 is 10.1 Å². The third kappa shape index (κ3) is 4.78. The van der Waals surface area contributed by atoms with Crippen LogP contribution in [0.5, 0.6) is 5.75 Å². The van der Waals surface area contributed by atoms with Gasteiger partial charge in [0.1, 0.15) is 0 Å². The number of aliphatic hydroxyl groups is 1. The van der Waals surface area contributed by atoms with Gasteiger partial charge < -0.3 is 20.1 Å². The molecule has 0 unspecified atom stereocenters. The van der Waals surface area contributed by atoms with Gasteiger partial charge in [-0.05, 0) is 67.8 Å². The number of methoxy groups -OCH3 is 1. The lowest BCUT2D eigenvalue weighted by molar-refractivity contribution is 0.0918. The lowest BCUT2D eigenvalue weighted by Crippen LogP contribution is -2.39. The van der Waals surface area contributed by atoms with Gasteiger partial charge in [0.2, 0.25) is 0 Å². The van der Waals surface area contributed by atoms with Crippen molar-refractivity contribution in [3.05, 3.63) is 94.9 Å². The first kappa shape index (κ1) is 24.5. The van der Waals surface area contributed by atoms with Crippen molar-refractivity contribution in [3.8, 4) is 17.0 Å². The SMILES string of the molecule is COc1ccc(-c2cc(C(=O)N[C@@H](CO)Cc3c[nH]c4ccccc34)c3cc(C)cc(C)c3n2)cc1F. The summed E-state index contributed by atoms with van der Waals surface area (Å²) in [5.74, 6) is -0.698. The summed E-state index contributed by atoms with van der Waals surface area (Å²) in [5, 5.41) is 14.9. The Balaban J connectivity index is 1.53. The first-order chi connectivity index (χ1) is 17.9. The molecule has 0 radical (unpaired) electrons. The Morgan fingerprint density at radius 3 is 2.68 bits per heavy atom. The van der Waals surface area contributed by atoms with Crippen LogP contribution in [0.25, 0.3) is 33.1 Å². The highest BCUT2D eigenvalue weighted by Crippen LogP contribution is 2.30. The molecule has 7 heteroatoms. The molecule has 0 aliphatic rings. The van der Waals surface area contributed by atoms with Crippen LogP contribution in [-0.4, -0.2) is 40.7 Å². The number of carbonyl (C=O) groups is 1. The van der Waals surface area contributed by atoms with Gasteiger partial charge in [0.15, 0.2) is 11.6 Å². The highest BCUT2D eigenvalue weighted by atomic mass is 19.1. The van der Waals surface area contributed by atoms with Crippen LogP contribution >= 0.6 is 0 Å². The van der Waals surface area contributed by atoms with Gasteiger partial charge in [-0.1, -0.05) is 29.8 Å². The van der Waals surface area contributed by atoms with Crippen LogP contribution in [0.3, 0.4) is 0 Å². The van der Waals surface area contributed by atoms with Crippen molar-refractivity contribution in [2.24, 2.45) is 0 Å². The van der Waals surface area contributed by atoms with Crippen LogP contribution in [0.1, 0.15) is 27.0 Å². The molecule has 0 bridgehead atoms. The number of H-pyrrole nitrogens is 1. The van der Waals surface area contributed by atoms with Gasteiger partial charge in [-0.15, -0.1) is 0 Å². The zero-order chi connectivity index (χ0) is 26.1. The van der Waals surface area contributed by atoms with Crippen LogP contribution in [0.15, 0.2) is 66.9 Å². The minimum atomic E-state index is -0.507. The van der Waals surface area contributed by atoms with E-state index in [0.717, 1.165) is 27.6 Å². The van der Waals surface area contributed by atoms with Crippen LogP contribution in [-0.2, 0) is 6.42 Å². The second-order valence-corrected chi connectivity index (χ2v) is 9.30. The van der Waals surface area contributed by atoms with E-state index in [2.05, 4.69) is 10.3 Å². The second-order valence-electron chi connectivity index (χ2n) is 9.30. The van der Waals surface area contributed by atoms with Gasteiger partial charge in [0, 0.05) is 28.0 Å². The fourth-order valence-corrected chi connectivity index (χ4v) is 4.83. The van der Waals surface area contributed by atoms with Crippen molar-refractivity contribution < 1.29 is 19.0 Å². The molecule has 0 spiro atoms. The molecule has 0 saturated heterocycles. The quantitative estimate of drug-likeness (QED) is 0.278. The average molecular weight is 498 g/mol. The van der Waals surface area contributed by atoms with Gasteiger partial charge in [-0.2, -0.15) is 0 Å². The molecule has 188 valence electrons. The van der Waals surface area contributed by atoms with E-state index in [0.29, 0.717) is 34.1 Å². The molecule has 0 aliphatic heterocycles. The minimum absolute atomic E-state index is 0.136. The molecule has 3 aromatic carbocycles. The number of nitrogens with one attached hydrogen (secondary N) is 2. The summed E-state index contributed by atoms with van der Waals surface area (Å²) in [4.78, 5) is 21.7. The number of halogens is 1. The zero-order valence-corrected chi connectivity index (χ0v) is 20.9. The smallest absolute Gasteiger partial charge is 0.252 e. The molecule has 6 nitrogen and oxygen atoms in total. The maximum Gasteiger partial charge on any atom is 0.252 e. The second kappa shape index (κ2) is 10.0. The lowest BCUT2D eigenvalue weighted by atomic mass is 9.98. The van der Waals surface area contributed by atoms with Gasteiger partial charge in [0.05, 0.1) is 36.5 Å². The predicted molar refractivity (Wildman–Crippen MR) is 144 cm³/mol. The number of hydrogen-bond donors (Lipinski definition) is 3. The van der Waals surface area contributed by atoms with Crippen molar-refractivity contribution in [1.82, 2.24) is 15.3 Å². The Kier molecular flexibility index (Phi) is 6.63. The Morgan fingerprint density at radius 2 is 1.92 bits per heavy atom. The topological polar surface area (TPSA) is 87.2 Å². The molecule has 37 heavy (non-hydrogen) atoms. The van der Waals surface area contributed by atoms with E-state index >= 15 is 0 Å². The molecule has 2 heterocycles. The van der Waals surface area contributed by atoms with Gasteiger partial charge in [-0.3, -0.25) is 4.79 Å². The standard InChI is InChI=1S/C30H28FN3O3/c1-17-10-18(2)29-23(11-17)24(14-27(34-29)19-8-9-28(37-3)25(31)13-19)30(36)33-21(16-35)12-20-15-32-26-7-5-4-6-22(20)26/h4-11,13-15,21,32,35H,12,16H2,1-3H3,(H,33,36)/t21-/m1/s1. The summed E-state index contributed by atoms with van der Waals surface area (Å²) < 4.78 is 19.5. The Morgan fingerprint density at radius 1 is 1.11 bits per heavy atom. The number of amides is 1. The van der Waals surface area contributed by atoms with Crippen molar-refractivity contribution in [2.75, 3.05) is 13.7 Å². The fraction of sp³-hybridized carbons (Fsp3) is 0.200. The molecule has 3 N–H and O–H groups in total. The molecule has 5 aromatic rings. The van der Waals surface area contributed by atoms with Crippen molar-refractivity contribution in [3.63, 3.8) is 0 Å². The van der Waals surface area contributed by atoms with E-state index in [1.54, 1.807) is 18.2 Å². The Bertz CT molecular complexity index is 1630. The highest BCUT2D eigenvalue weighted by molar-refractivity contribution is 6.08. The number of carbonyl (C=O) groups excluding carboxylic acids is 1. The number of aromatic amines is 1. The summed E-state index contributed by atoms with van der Waals surface area (Å²) in [5.41, 5.74) is 6.02. The van der Waals surface area contributed by atoms with Crippen LogP contribution in [0.4, 0.5) is 4.39 Å². The predicted octanol–water partition coefficient (Wildman–Crippen LogP) is 5.48. The summed E-state index contributed by atoms with van der Waals surface area (Å²) >= 11 is 0. The van der Waals surface area contributed by atoms with Crippen molar-refractivity contribution in [2.45, 2.75) is 26.3 Å². The minimum Gasteiger partial charge on any atom is -0.494 e. The normalized spacial score (nSPS) is 12.1. The largest absolute Gasteiger partial charge is 0.494 e. The number of ether oxygens (including phenoxy) is 1. The molecular formula is C30H28FN3O3. The number of pyridine rings is 1. The number of benzene rings is 3. The summed E-state index contributed by atoms with van der Waals surface area (Å²) in [7, 11) is 1.41. The maximum absolute atomic E-state index is 14.5. The van der Waals surface area contributed by atoms with E-state index in [1.165, 1.54) is 13.2 Å². The number of fused-ring (bicyclic) bond motifs is 2. The van der Waals surface area contributed by atoms with Crippen molar-refractivity contribution in [1.29, 1.82) is 0 Å². The van der Waals surface area contributed by atoms with E-state index in [4.69, 9.17) is 9.72 Å². The van der Waals surface area contributed by atoms with E-state index in [-0.39, 0.29) is 18.3 Å². The third-order valence-corrected chi connectivity index (χ3v) is 6.64. The number of aliphatic hydroxyl groups excluding tert-OH is 1. The van der Waals surface area contributed by atoms with E-state index < -0.39 is 11.9 Å². The molecule has 1 amide bonds. The van der Waals surface area contributed by atoms with Gasteiger partial charge in [0.25, 0.3) is 5.91 Å². The number of aromatic nitrogens is 2. The van der Waals surface area contributed by atoms with Crippen LogP contribution in [0, 0.1) is 19.7 Å². The summed E-state index contributed by atoms with van der Waals surface area (Å²) in [6, 6.07) is 17.6. The number of nitrogens with zero attached hydrogens (tertiary/aromatic N) is 1. The van der Waals surface area contributed by atoms with Gasteiger partial charge in [-0.25, -0.2) is 9.37 Å². The van der Waals surface area contributed by atoms with E-state index in [1.807, 2.05) is 56.4 Å². The molecule has 0 fully saturated rings. The first-order valence-electron chi connectivity index (χ1n) is 12.1. The summed E-state index contributed by atoms with van der Waals surface area (Å²) in [6.07, 6.45) is 2.37.